The Hall–Kier alpha value is -1.80. The lowest BCUT2D eigenvalue weighted by Crippen LogP contribution is -2.15. The van der Waals surface area contributed by atoms with Crippen LogP contribution in [0, 0.1) is 0 Å². The van der Waals surface area contributed by atoms with Crippen molar-refractivity contribution < 1.29 is 9.53 Å². The third-order valence-electron chi connectivity index (χ3n) is 3.97. The van der Waals surface area contributed by atoms with Gasteiger partial charge in [-0.15, -0.1) is 11.6 Å². The molecule has 1 unspecified atom stereocenters. The first-order valence-electron chi connectivity index (χ1n) is 8.05. The third-order valence-corrected chi connectivity index (χ3v) is 4.37. The zero-order chi connectivity index (χ0) is 16.7. The van der Waals surface area contributed by atoms with Gasteiger partial charge in [0.1, 0.15) is 5.38 Å². The summed E-state index contributed by atoms with van der Waals surface area (Å²) in [6.07, 6.45) is 3.85. The maximum atomic E-state index is 10.7. The quantitative estimate of drug-likeness (QED) is 0.484. The number of fused-ring (bicyclic) bond motifs is 3. The van der Waals surface area contributed by atoms with E-state index in [1.54, 1.807) is 0 Å². The van der Waals surface area contributed by atoms with Crippen LogP contribution in [0.25, 0.3) is 11.1 Å². The lowest BCUT2D eigenvalue weighted by molar-refractivity contribution is -0.140. The van der Waals surface area contributed by atoms with Gasteiger partial charge in [-0.1, -0.05) is 68.3 Å². The highest BCUT2D eigenvalue weighted by Gasteiger charge is 2.16. The SMILES string of the molecule is CCCCC(Cl)C(=O)OC.c1ccc2c(c1)Cc1ccccc1-2. The number of carbonyl (C=O) groups excluding carboxylic acids is 1. The molecule has 0 fully saturated rings. The molecule has 23 heavy (non-hydrogen) atoms. The molecule has 0 saturated heterocycles. The van der Waals surface area contributed by atoms with Crippen LogP contribution < -0.4 is 0 Å². The van der Waals surface area contributed by atoms with Crippen molar-refractivity contribution in [3.63, 3.8) is 0 Å². The summed E-state index contributed by atoms with van der Waals surface area (Å²) < 4.78 is 4.44. The van der Waals surface area contributed by atoms with Gasteiger partial charge in [-0.3, -0.25) is 4.79 Å². The molecule has 122 valence electrons. The van der Waals surface area contributed by atoms with Crippen LogP contribution in [0.2, 0.25) is 0 Å². The van der Waals surface area contributed by atoms with E-state index in [-0.39, 0.29) is 5.97 Å². The molecule has 0 aromatic heterocycles. The number of alkyl halides is 1. The summed E-state index contributed by atoms with van der Waals surface area (Å²) in [7, 11) is 1.35. The minimum absolute atomic E-state index is 0.324. The molecule has 0 amide bonds. The highest BCUT2D eigenvalue weighted by Crippen LogP contribution is 2.35. The third kappa shape index (κ3) is 4.59. The van der Waals surface area contributed by atoms with Gasteiger partial charge in [0.25, 0.3) is 0 Å². The fourth-order valence-corrected chi connectivity index (χ4v) is 2.95. The molecular weight excluding hydrogens is 308 g/mol. The molecule has 0 spiro atoms. The number of hydrogen-bond donors (Lipinski definition) is 0. The lowest BCUT2D eigenvalue weighted by atomic mass is 10.1. The van der Waals surface area contributed by atoms with Crippen molar-refractivity contribution in [2.24, 2.45) is 0 Å². The number of hydrogen-bond acceptors (Lipinski definition) is 2. The van der Waals surface area contributed by atoms with E-state index in [0.717, 1.165) is 19.3 Å². The summed E-state index contributed by atoms with van der Waals surface area (Å²) in [6, 6.07) is 17.3. The Morgan fingerprint density at radius 3 is 2.09 bits per heavy atom. The Labute approximate surface area is 143 Å². The van der Waals surface area contributed by atoms with E-state index in [1.165, 1.54) is 29.4 Å². The molecule has 0 N–H and O–H groups in total. The molecular formula is C20H23ClO2. The molecule has 2 aromatic rings. The van der Waals surface area contributed by atoms with Crippen LogP contribution in [-0.2, 0) is 16.0 Å². The largest absolute Gasteiger partial charge is 0.468 e. The summed E-state index contributed by atoms with van der Waals surface area (Å²) in [4.78, 5) is 10.7. The maximum absolute atomic E-state index is 10.7. The summed E-state index contributed by atoms with van der Waals surface area (Å²) in [5, 5.41) is -0.454. The molecule has 1 aliphatic carbocycles. The van der Waals surface area contributed by atoms with Gasteiger partial charge in [-0.2, -0.15) is 0 Å². The van der Waals surface area contributed by atoms with Crippen molar-refractivity contribution >= 4 is 17.6 Å². The van der Waals surface area contributed by atoms with Gasteiger partial charge < -0.3 is 4.74 Å². The Balaban J connectivity index is 0.000000175. The number of unbranched alkanes of at least 4 members (excludes halogenated alkanes) is 1. The minimum atomic E-state index is -0.454. The number of ether oxygens (including phenoxy) is 1. The Kier molecular flexibility index (Phi) is 6.66. The molecule has 0 bridgehead atoms. The molecule has 1 aliphatic rings. The fourth-order valence-electron chi connectivity index (χ4n) is 2.71. The first kappa shape index (κ1) is 17.6. The Bertz CT molecular complexity index is 608. The summed E-state index contributed by atoms with van der Waals surface area (Å²) in [5.74, 6) is -0.324. The number of methoxy groups -OCH3 is 1. The van der Waals surface area contributed by atoms with Gasteiger partial charge in [-0.25, -0.2) is 0 Å². The van der Waals surface area contributed by atoms with Crippen LogP contribution in [0.1, 0.15) is 37.3 Å². The van der Waals surface area contributed by atoms with Gasteiger partial charge >= 0.3 is 5.97 Å². The number of benzene rings is 2. The lowest BCUT2D eigenvalue weighted by Gasteiger charge is -2.04. The van der Waals surface area contributed by atoms with Gasteiger partial charge in [0, 0.05) is 0 Å². The first-order chi connectivity index (χ1) is 11.2. The first-order valence-corrected chi connectivity index (χ1v) is 8.49. The van der Waals surface area contributed by atoms with E-state index < -0.39 is 5.38 Å². The molecule has 1 atom stereocenters. The average Bonchev–Trinajstić information content (AvgIpc) is 2.98. The number of halogens is 1. The minimum Gasteiger partial charge on any atom is -0.468 e. The Morgan fingerprint density at radius 2 is 1.61 bits per heavy atom. The Morgan fingerprint density at radius 1 is 1.09 bits per heavy atom. The predicted molar refractivity (Wildman–Crippen MR) is 95.9 cm³/mol. The van der Waals surface area contributed by atoms with Gasteiger partial charge in [0.05, 0.1) is 7.11 Å². The summed E-state index contributed by atoms with van der Waals surface area (Å²) in [5.41, 5.74) is 5.75. The predicted octanol–water partition coefficient (Wildman–Crippen LogP) is 5.21. The van der Waals surface area contributed by atoms with Crippen molar-refractivity contribution in [2.45, 2.75) is 38.0 Å². The number of esters is 1. The second-order valence-electron chi connectivity index (χ2n) is 5.62. The normalized spacial score (nSPS) is 12.5. The second-order valence-corrected chi connectivity index (χ2v) is 6.15. The molecule has 0 aliphatic heterocycles. The second kappa shape index (κ2) is 8.73. The summed E-state index contributed by atoms with van der Waals surface area (Å²) >= 11 is 5.64. The van der Waals surface area contributed by atoms with E-state index in [2.05, 4.69) is 60.2 Å². The van der Waals surface area contributed by atoms with Crippen LogP contribution >= 0.6 is 11.6 Å². The van der Waals surface area contributed by atoms with Crippen LogP contribution in [0.15, 0.2) is 48.5 Å². The topological polar surface area (TPSA) is 26.3 Å². The zero-order valence-electron chi connectivity index (χ0n) is 13.7. The highest BCUT2D eigenvalue weighted by atomic mass is 35.5. The standard InChI is InChI=1S/C13H10.C7H13ClO2/c1-3-7-12-10(5-1)9-11-6-2-4-8-13(11)12;1-3-4-5-6(8)7(9)10-2/h1-8H,9H2;6H,3-5H2,1-2H3. The monoisotopic (exact) mass is 330 g/mol. The van der Waals surface area contributed by atoms with Crippen molar-refractivity contribution in [3.8, 4) is 11.1 Å². The molecule has 0 radical (unpaired) electrons. The van der Waals surface area contributed by atoms with Crippen molar-refractivity contribution in [1.82, 2.24) is 0 Å². The molecule has 2 nitrogen and oxygen atoms in total. The van der Waals surface area contributed by atoms with Crippen molar-refractivity contribution in [1.29, 1.82) is 0 Å². The van der Waals surface area contributed by atoms with Crippen LogP contribution in [0.5, 0.6) is 0 Å². The van der Waals surface area contributed by atoms with E-state index in [0.29, 0.717) is 6.42 Å². The molecule has 0 saturated carbocycles. The number of rotatable bonds is 4. The molecule has 0 heterocycles. The van der Waals surface area contributed by atoms with Gasteiger partial charge in [0.2, 0.25) is 0 Å². The van der Waals surface area contributed by atoms with Gasteiger partial charge in [0.15, 0.2) is 0 Å². The van der Waals surface area contributed by atoms with Crippen LogP contribution in [0.3, 0.4) is 0 Å². The zero-order valence-corrected chi connectivity index (χ0v) is 14.5. The smallest absolute Gasteiger partial charge is 0.323 e. The summed E-state index contributed by atoms with van der Waals surface area (Å²) in [6.45, 7) is 2.06. The fraction of sp³-hybridized carbons (Fsp3) is 0.350. The average molecular weight is 331 g/mol. The van der Waals surface area contributed by atoms with Gasteiger partial charge in [-0.05, 0) is 35.1 Å². The van der Waals surface area contributed by atoms with E-state index in [4.69, 9.17) is 11.6 Å². The van der Waals surface area contributed by atoms with Crippen LogP contribution in [0.4, 0.5) is 0 Å². The molecule has 3 rings (SSSR count). The number of carbonyl (C=O) groups is 1. The van der Waals surface area contributed by atoms with Crippen LogP contribution in [-0.4, -0.2) is 18.5 Å². The van der Waals surface area contributed by atoms with E-state index >= 15 is 0 Å². The molecule has 2 aromatic carbocycles. The van der Waals surface area contributed by atoms with Crippen molar-refractivity contribution in [3.05, 3.63) is 59.7 Å². The highest BCUT2D eigenvalue weighted by molar-refractivity contribution is 6.29. The maximum Gasteiger partial charge on any atom is 0.323 e. The molecule has 3 heteroatoms. The van der Waals surface area contributed by atoms with E-state index in [1.807, 2.05) is 0 Å². The van der Waals surface area contributed by atoms with E-state index in [9.17, 15) is 4.79 Å². The van der Waals surface area contributed by atoms with Crippen molar-refractivity contribution in [2.75, 3.05) is 7.11 Å².